The first-order valence-electron chi connectivity index (χ1n) is 13.5. The van der Waals surface area contributed by atoms with Gasteiger partial charge in [-0.15, -0.1) is 0 Å². The summed E-state index contributed by atoms with van der Waals surface area (Å²) >= 11 is 6.24. The number of piperidine rings is 1. The average Bonchev–Trinajstić information content (AvgIpc) is 3.32. The number of carbonyl (C=O) groups is 1. The number of amides is 1. The van der Waals surface area contributed by atoms with Gasteiger partial charge in [-0.3, -0.25) is 9.52 Å². The number of anilines is 3. The summed E-state index contributed by atoms with van der Waals surface area (Å²) in [5, 5.41) is 8.80. The van der Waals surface area contributed by atoms with Gasteiger partial charge >= 0.3 is 0 Å². The summed E-state index contributed by atoms with van der Waals surface area (Å²) in [4.78, 5) is 25.3. The van der Waals surface area contributed by atoms with Crippen LogP contribution in [0.5, 0.6) is 0 Å². The van der Waals surface area contributed by atoms with Crippen LogP contribution in [-0.2, 0) is 10.0 Å². The van der Waals surface area contributed by atoms with Crippen LogP contribution in [0.3, 0.4) is 0 Å². The highest BCUT2D eigenvalue weighted by Crippen LogP contribution is 2.35. The van der Waals surface area contributed by atoms with Crippen molar-refractivity contribution in [2.45, 2.75) is 31.7 Å². The highest BCUT2D eigenvalue weighted by atomic mass is 35.5. The summed E-state index contributed by atoms with van der Waals surface area (Å²) < 4.78 is 28.4. The first-order chi connectivity index (χ1) is 18.8. The topological polar surface area (TPSA) is 115 Å². The number of fused-ring (bicyclic) bond motifs is 1. The van der Waals surface area contributed by atoms with E-state index in [1.54, 1.807) is 11.0 Å². The van der Waals surface area contributed by atoms with E-state index in [2.05, 4.69) is 25.9 Å². The van der Waals surface area contributed by atoms with Gasteiger partial charge in [0.25, 0.3) is 5.91 Å². The smallest absolute Gasteiger partial charge is 0.256 e. The third-order valence-electron chi connectivity index (χ3n) is 7.65. The van der Waals surface area contributed by atoms with Gasteiger partial charge in [0, 0.05) is 63.0 Å². The van der Waals surface area contributed by atoms with Crippen LogP contribution in [0.25, 0.3) is 5.65 Å². The number of sulfonamides is 1. The number of hydrogen-bond acceptors (Lipinski definition) is 8. The lowest BCUT2D eigenvalue weighted by atomic mass is 9.98. The number of carbonyl (C=O) groups excluding carboxylic acids is 1. The lowest BCUT2D eigenvalue weighted by Gasteiger charge is -2.35. The van der Waals surface area contributed by atoms with Crippen molar-refractivity contribution < 1.29 is 13.2 Å². The minimum Gasteiger partial charge on any atom is -0.356 e. The Morgan fingerprint density at radius 3 is 2.54 bits per heavy atom. The number of nitrogens with one attached hydrogen (secondary N) is 2. The number of likely N-dealkylation sites (tertiary alicyclic amines) is 1. The average molecular weight is 573 g/mol. The van der Waals surface area contributed by atoms with Crippen LogP contribution < -0.4 is 19.8 Å². The van der Waals surface area contributed by atoms with Crippen molar-refractivity contribution in [3.63, 3.8) is 0 Å². The van der Waals surface area contributed by atoms with Gasteiger partial charge in [0.2, 0.25) is 10.0 Å². The second-order valence-corrected chi connectivity index (χ2v) is 12.6. The van der Waals surface area contributed by atoms with Gasteiger partial charge in [-0.25, -0.2) is 13.4 Å². The third-order valence-corrected chi connectivity index (χ3v) is 8.47. The molecule has 0 spiro atoms. The molecule has 0 bridgehead atoms. The molecule has 3 fully saturated rings. The number of benzene rings is 1. The van der Waals surface area contributed by atoms with Crippen LogP contribution in [-0.4, -0.2) is 85.9 Å². The molecule has 0 aliphatic carbocycles. The molecule has 39 heavy (non-hydrogen) atoms. The van der Waals surface area contributed by atoms with E-state index in [-0.39, 0.29) is 23.2 Å². The van der Waals surface area contributed by atoms with Crippen molar-refractivity contribution in [2.24, 2.45) is 0 Å². The van der Waals surface area contributed by atoms with Gasteiger partial charge in [0.15, 0.2) is 5.65 Å². The Bertz CT molecular complexity index is 1500. The molecule has 0 saturated carbocycles. The Morgan fingerprint density at radius 1 is 1.03 bits per heavy atom. The molecule has 1 amide bonds. The van der Waals surface area contributed by atoms with Crippen LogP contribution in [0.2, 0.25) is 5.02 Å². The zero-order valence-electron chi connectivity index (χ0n) is 21.9. The van der Waals surface area contributed by atoms with Crippen LogP contribution >= 0.6 is 11.6 Å². The molecule has 6 rings (SSSR count). The van der Waals surface area contributed by atoms with Crippen LogP contribution in [0, 0.1) is 0 Å². The number of rotatable bonds is 6. The second kappa shape index (κ2) is 10.5. The van der Waals surface area contributed by atoms with Gasteiger partial charge in [0.1, 0.15) is 11.6 Å². The largest absolute Gasteiger partial charge is 0.356 e. The molecular formula is C26H33ClN8O3S. The van der Waals surface area contributed by atoms with E-state index < -0.39 is 10.0 Å². The molecule has 2 N–H and O–H groups in total. The molecule has 3 saturated heterocycles. The van der Waals surface area contributed by atoms with E-state index in [1.165, 1.54) is 18.6 Å². The molecule has 1 unspecified atom stereocenters. The normalized spacial score (nSPS) is 20.3. The number of aromatic nitrogens is 3. The Hall–Kier alpha value is -3.09. The fourth-order valence-corrected chi connectivity index (χ4v) is 6.32. The summed E-state index contributed by atoms with van der Waals surface area (Å²) in [6, 6.07) is 8.49. The number of piperazine rings is 1. The first kappa shape index (κ1) is 26.1. The van der Waals surface area contributed by atoms with E-state index in [9.17, 15) is 13.2 Å². The Morgan fingerprint density at radius 2 is 1.82 bits per heavy atom. The molecular weight excluding hydrogens is 540 g/mol. The third kappa shape index (κ3) is 5.37. The summed E-state index contributed by atoms with van der Waals surface area (Å²) in [5.74, 6) is 1.69. The van der Waals surface area contributed by atoms with Gasteiger partial charge in [-0.2, -0.15) is 9.61 Å². The SMILES string of the molecule is CS(=O)(=O)Nc1ccc(Cl)cc1C(=O)N1CCCCC1c1cc2nc(N3CCC3)cc(N3CCNCC3)n2n1. The molecule has 3 aliphatic rings. The van der Waals surface area contributed by atoms with Crippen LogP contribution in [0.1, 0.15) is 47.8 Å². The van der Waals surface area contributed by atoms with E-state index in [0.29, 0.717) is 11.6 Å². The zero-order valence-corrected chi connectivity index (χ0v) is 23.5. The quantitative estimate of drug-likeness (QED) is 0.463. The van der Waals surface area contributed by atoms with E-state index in [0.717, 1.165) is 87.8 Å². The summed E-state index contributed by atoms with van der Waals surface area (Å²) in [6.45, 7) is 6.12. The molecule has 0 radical (unpaired) electrons. The fraction of sp³-hybridized carbons (Fsp3) is 0.500. The lowest BCUT2D eigenvalue weighted by Crippen LogP contribution is -2.44. The Balaban J connectivity index is 1.38. The summed E-state index contributed by atoms with van der Waals surface area (Å²) in [7, 11) is -3.58. The van der Waals surface area contributed by atoms with Crippen molar-refractivity contribution in [1.82, 2.24) is 24.8 Å². The summed E-state index contributed by atoms with van der Waals surface area (Å²) in [5.41, 5.74) is 1.99. The van der Waals surface area contributed by atoms with Crippen LogP contribution in [0.4, 0.5) is 17.3 Å². The van der Waals surface area contributed by atoms with Crippen molar-refractivity contribution in [2.75, 3.05) is 66.6 Å². The molecule has 11 nitrogen and oxygen atoms in total. The van der Waals surface area contributed by atoms with Gasteiger partial charge < -0.3 is 20.0 Å². The minimum absolute atomic E-state index is 0.216. The van der Waals surface area contributed by atoms with Crippen molar-refractivity contribution in [3.8, 4) is 0 Å². The first-order valence-corrected chi connectivity index (χ1v) is 15.7. The maximum Gasteiger partial charge on any atom is 0.256 e. The molecule has 3 aliphatic heterocycles. The molecule has 3 aromatic rings. The van der Waals surface area contributed by atoms with Gasteiger partial charge in [-0.1, -0.05) is 11.6 Å². The maximum absolute atomic E-state index is 13.9. The predicted octanol–water partition coefficient (Wildman–Crippen LogP) is 2.74. The zero-order chi connectivity index (χ0) is 27.1. The standard InChI is InChI=1S/C26H33ClN8O3S/c1-39(37,38)31-20-7-6-18(27)15-19(20)26(36)34-12-3-2-5-22(34)21-16-24-29-23(32-10-4-11-32)17-25(35(24)30-21)33-13-8-28-9-14-33/h6-7,15-17,22,28,31H,2-5,8-14H2,1H3. The fourth-order valence-electron chi connectivity index (χ4n) is 5.57. The van der Waals surface area contributed by atoms with Gasteiger partial charge in [-0.05, 0) is 43.9 Å². The second-order valence-electron chi connectivity index (χ2n) is 10.5. The molecule has 5 heterocycles. The van der Waals surface area contributed by atoms with Crippen LogP contribution in [0.15, 0.2) is 30.3 Å². The highest BCUT2D eigenvalue weighted by Gasteiger charge is 2.33. The number of nitrogens with zero attached hydrogens (tertiary/aromatic N) is 6. The minimum atomic E-state index is -3.58. The van der Waals surface area contributed by atoms with Gasteiger partial charge in [0.05, 0.1) is 29.2 Å². The molecule has 13 heteroatoms. The van der Waals surface area contributed by atoms with E-state index in [4.69, 9.17) is 21.7 Å². The van der Waals surface area contributed by atoms with Crippen molar-refractivity contribution >= 4 is 50.5 Å². The van der Waals surface area contributed by atoms with E-state index >= 15 is 0 Å². The number of hydrogen-bond donors (Lipinski definition) is 2. The molecule has 1 aromatic carbocycles. The Kier molecular flexibility index (Phi) is 7.02. The van der Waals surface area contributed by atoms with Crippen molar-refractivity contribution in [3.05, 3.63) is 46.6 Å². The Labute approximate surface area is 233 Å². The molecule has 1 atom stereocenters. The highest BCUT2D eigenvalue weighted by molar-refractivity contribution is 7.92. The monoisotopic (exact) mass is 572 g/mol. The lowest BCUT2D eigenvalue weighted by molar-refractivity contribution is 0.0607. The van der Waals surface area contributed by atoms with E-state index in [1.807, 2.05) is 10.6 Å². The summed E-state index contributed by atoms with van der Waals surface area (Å²) in [6.07, 6.45) is 4.80. The molecule has 208 valence electrons. The predicted molar refractivity (Wildman–Crippen MR) is 152 cm³/mol. The number of halogens is 1. The maximum atomic E-state index is 13.9. The molecule has 2 aromatic heterocycles. The van der Waals surface area contributed by atoms with Crippen molar-refractivity contribution in [1.29, 1.82) is 0 Å².